The van der Waals surface area contributed by atoms with E-state index < -0.39 is 0 Å². The summed E-state index contributed by atoms with van der Waals surface area (Å²) in [5.74, 6) is 0. The molecule has 96 valence electrons. The molecule has 1 saturated carbocycles. The van der Waals surface area contributed by atoms with Gasteiger partial charge in [0.25, 0.3) is 0 Å². The Morgan fingerprint density at radius 3 is 3.00 bits per heavy atom. The van der Waals surface area contributed by atoms with Crippen molar-refractivity contribution in [1.29, 1.82) is 5.41 Å². The molecule has 4 heteroatoms. The molecule has 1 fully saturated rings. The number of anilines is 2. The first kappa shape index (κ1) is 11.9. The number of benzene rings is 1. The molecule has 3 rings (SSSR count). The van der Waals surface area contributed by atoms with Crippen molar-refractivity contribution in [2.75, 3.05) is 24.3 Å². The molecule has 1 aliphatic carbocycles. The summed E-state index contributed by atoms with van der Waals surface area (Å²) in [5.41, 5.74) is 3.42. The number of nitrogens with one attached hydrogen (secondary N) is 2. The lowest BCUT2D eigenvalue weighted by Crippen LogP contribution is -2.39. The lowest BCUT2D eigenvalue weighted by Gasteiger charge is -2.38. The predicted octanol–water partition coefficient (Wildman–Crippen LogP) is 3.21. The van der Waals surface area contributed by atoms with E-state index in [2.05, 4.69) is 42.5 Å². The van der Waals surface area contributed by atoms with Crippen LogP contribution in [0.5, 0.6) is 0 Å². The Morgan fingerprint density at radius 2 is 2.22 bits per heavy atom. The van der Waals surface area contributed by atoms with Gasteiger partial charge < -0.3 is 15.6 Å². The molecule has 0 spiro atoms. The van der Waals surface area contributed by atoms with Gasteiger partial charge in [-0.2, -0.15) is 0 Å². The van der Waals surface area contributed by atoms with Gasteiger partial charge in [-0.3, -0.25) is 0 Å². The Kier molecular flexibility index (Phi) is 2.98. The quantitative estimate of drug-likeness (QED) is 0.815. The van der Waals surface area contributed by atoms with E-state index in [1.54, 1.807) is 0 Å². The predicted molar refractivity (Wildman–Crippen MR) is 79.4 cm³/mol. The van der Waals surface area contributed by atoms with E-state index in [-0.39, 0.29) is 0 Å². The minimum absolute atomic E-state index is 0.538. The third-order valence-electron chi connectivity index (χ3n) is 3.75. The molecule has 1 aromatic carbocycles. The smallest absolute Gasteiger partial charge is 0.0482 e. The number of fused-ring (bicyclic) bond motifs is 2. The molecule has 18 heavy (non-hydrogen) atoms. The van der Waals surface area contributed by atoms with Crippen LogP contribution < -0.4 is 10.2 Å². The van der Waals surface area contributed by atoms with Gasteiger partial charge in [0.05, 0.1) is 0 Å². The van der Waals surface area contributed by atoms with Crippen LogP contribution in [-0.4, -0.2) is 31.1 Å². The van der Waals surface area contributed by atoms with Gasteiger partial charge in [-0.25, -0.2) is 0 Å². The Labute approximate surface area is 112 Å². The molecular formula is C14H19N3S. The molecule has 1 aromatic rings. The van der Waals surface area contributed by atoms with E-state index in [4.69, 9.17) is 5.41 Å². The summed E-state index contributed by atoms with van der Waals surface area (Å²) in [5, 5.41) is 12.0. The zero-order valence-corrected chi connectivity index (χ0v) is 11.7. The summed E-state index contributed by atoms with van der Waals surface area (Å²) in [6.45, 7) is 0. The molecule has 0 unspecified atom stereocenters. The van der Waals surface area contributed by atoms with Gasteiger partial charge in [-0.15, -0.1) is 11.8 Å². The molecule has 3 nitrogen and oxygen atoms in total. The lowest BCUT2D eigenvalue weighted by molar-refractivity contribution is 0.597. The second-order valence-electron chi connectivity index (χ2n) is 5.33. The number of rotatable bonds is 1. The number of thioether (sulfide) groups is 1. The van der Waals surface area contributed by atoms with Crippen LogP contribution >= 0.6 is 11.8 Å². The van der Waals surface area contributed by atoms with E-state index in [1.165, 1.54) is 16.3 Å². The summed E-state index contributed by atoms with van der Waals surface area (Å²) < 4.78 is 0. The molecule has 2 atom stereocenters. The fourth-order valence-corrected chi connectivity index (χ4v) is 4.08. The highest BCUT2D eigenvalue weighted by molar-refractivity contribution is 8.00. The van der Waals surface area contributed by atoms with Gasteiger partial charge >= 0.3 is 0 Å². The largest absolute Gasteiger partial charge is 0.380 e. The number of nitrogens with zero attached hydrogens (tertiary/aromatic N) is 1. The summed E-state index contributed by atoms with van der Waals surface area (Å²) in [6, 6.07) is 7.15. The van der Waals surface area contributed by atoms with Gasteiger partial charge in [0, 0.05) is 47.4 Å². The van der Waals surface area contributed by atoms with Crippen LogP contribution in [0.2, 0.25) is 0 Å². The Balaban J connectivity index is 1.89. The van der Waals surface area contributed by atoms with Gasteiger partial charge in [0.15, 0.2) is 0 Å². The minimum Gasteiger partial charge on any atom is -0.380 e. The topological polar surface area (TPSA) is 39.1 Å². The average Bonchev–Trinajstić information content (AvgIpc) is 2.35. The van der Waals surface area contributed by atoms with E-state index in [1.807, 2.05) is 11.8 Å². The molecule has 0 bridgehead atoms. The molecule has 2 N–H and O–H groups in total. The molecule has 2 aliphatic rings. The highest BCUT2D eigenvalue weighted by Crippen LogP contribution is 2.43. The maximum atomic E-state index is 7.86. The minimum atomic E-state index is 0.538. The normalized spacial score (nSPS) is 26.0. The van der Waals surface area contributed by atoms with Crippen molar-refractivity contribution in [2.24, 2.45) is 0 Å². The van der Waals surface area contributed by atoms with Crippen molar-refractivity contribution >= 4 is 28.8 Å². The monoisotopic (exact) mass is 261 g/mol. The maximum absolute atomic E-state index is 7.86. The highest BCUT2D eigenvalue weighted by atomic mass is 32.2. The highest BCUT2D eigenvalue weighted by Gasteiger charge is 2.32. The summed E-state index contributed by atoms with van der Waals surface area (Å²) in [4.78, 5) is 3.47. The number of hydrogen-bond donors (Lipinski definition) is 2. The first-order valence-electron chi connectivity index (χ1n) is 6.44. The molecule has 0 radical (unpaired) electrons. The zero-order chi connectivity index (χ0) is 12.7. The SMILES string of the molecule is CN(C)c1ccc2c(c1)S[C@@H]1CC(=N)CC[C@H]1N2. The molecule has 0 amide bonds. The summed E-state index contributed by atoms with van der Waals surface area (Å²) in [6.07, 6.45) is 3.00. The van der Waals surface area contributed by atoms with E-state index in [9.17, 15) is 0 Å². The fourth-order valence-electron chi connectivity index (χ4n) is 2.66. The van der Waals surface area contributed by atoms with Crippen LogP contribution in [0.4, 0.5) is 11.4 Å². The zero-order valence-electron chi connectivity index (χ0n) is 10.9. The van der Waals surface area contributed by atoms with Crippen molar-refractivity contribution < 1.29 is 0 Å². The molecule has 1 heterocycles. The second-order valence-corrected chi connectivity index (χ2v) is 6.61. The Bertz CT molecular complexity index is 484. The first-order valence-corrected chi connectivity index (χ1v) is 7.32. The summed E-state index contributed by atoms with van der Waals surface area (Å²) in [7, 11) is 4.14. The molecule has 0 saturated heterocycles. The van der Waals surface area contributed by atoms with Crippen molar-refractivity contribution in [1.82, 2.24) is 0 Å². The van der Waals surface area contributed by atoms with Crippen molar-refractivity contribution in [3.8, 4) is 0 Å². The maximum Gasteiger partial charge on any atom is 0.0482 e. The molecule has 1 aliphatic heterocycles. The van der Waals surface area contributed by atoms with Crippen LogP contribution in [0.1, 0.15) is 19.3 Å². The van der Waals surface area contributed by atoms with Gasteiger partial charge in [0.2, 0.25) is 0 Å². The third kappa shape index (κ3) is 2.09. The third-order valence-corrected chi connectivity index (χ3v) is 5.14. The van der Waals surface area contributed by atoms with Gasteiger partial charge in [-0.05, 0) is 37.5 Å². The second kappa shape index (κ2) is 4.50. The first-order chi connectivity index (χ1) is 8.63. The van der Waals surface area contributed by atoms with E-state index in [0.29, 0.717) is 11.3 Å². The van der Waals surface area contributed by atoms with Crippen molar-refractivity contribution in [3.63, 3.8) is 0 Å². The lowest BCUT2D eigenvalue weighted by atomic mass is 9.92. The van der Waals surface area contributed by atoms with Crippen LogP contribution in [0.3, 0.4) is 0 Å². The van der Waals surface area contributed by atoms with Gasteiger partial charge in [-0.1, -0.05) is 0 Å². The molecular weight excluding hydrogens is 242 g/mol. The molecule has 0 aromatic heterocycles. The van der Waals surface area contributed by atoms with E-state index >= 15 is 0 Å². The fraction of sp³-hybridized carbons (Fsp3) is 0.500. The van der Waals surface area contributed by atoms with Crippen LogP contribution in [-0.2, 0) is 0 Å². The van der Waals surface area contributed by atoms with Crippen molar-refractivity contribution in [3.05, 3.63) is 18.2 Å². The number of hydrogen-bond acceptors (Lipinski definition) is 4. The Hall–Kier alpha value is -1.16. The average molecular weight is 261 g/mol. The van der Waals surface area contributed by atoms with Crippen LogP contribution in [0, 0.1) is 5.41 Å². The van der Waals surface area contributed by atoms with Gasteiger partial charge in [0.1, 0.15) is 0 Å². The van der Waals surface area contributed by atoms with Crippen LogP contribution in [0.25, 0.3) is 0 Å². The summed E-state index contributed by atoms with van der Waals surface area (Å²) >= 11 is 1.95. The van der Waals surface area contributed by atoms with Crippen molar-refractivity contribution in [2.45, 2.75) is 35.4 Å². The van der Waals surface area contributed by atoms with E-state index in [0.717, 1.165) is 25.0 Å². The standard InChI is InChI=1S/C14H19N3S/c1-17(2)10-4-6-12-14(8-10)18-13-7-9(15)3-5-11(13)16-12/h4,6,8,11,13,15-16H,3,5,7H2,1-2H3/t11-,13-/m1/s1. The Morgan fingerprint density at radius 1 is 1.39 bits per heavy atom. The van der Waals surface area contributed by atoms with Crippen LogP contribution in [0.15, 0.2) is 23.1 Å².